The van der Waals surface area contributed by atoms with E-state index in [1.807, 2.05) is 0 Å². The number of hydrogen-bond acceptors (Lipinski definition) is 3. The summed E-state index contributed by atoms with van der Waals surface area (Å²) in [6, 6.07) is 11.2. The normalized spacial score (nSPS) is 35.4. The SMILES string of the molecule is OC1(CNC2CC(c3ccccc3)C2)CCOC1. The Kier molecular flexibility index (Phi) is 3.37. The number of ether oxygens (including phenoxy) is 1. The fourth-order valence-corrected chi connectivity index (χ4v) is 2.85. The monoisotopic (exact) mass is 247 g/mol. The summed E-state index contributed by atoms with van der Waals surface area (Å²) in [6.07, 6.45) is 3.12. The predicted molar refractivity (Wildman–Crippen MR) is 70.6 cm³/mol. The van der Waals surface area contributed by atoms with E-state index >= 15 is 0 Å². The minimum absolute atomic E-state index is 0.481. The molecule has 1 atom stereocenters. The van der Waals surface area contributed by atoms with Gasteiger partial charge < -0.3 is 15.2 Å². The maximum absolute atomic E-state index is 10.2. The lowest BCUT2D eigenvalue weighted by atomic mass is 9.75. The molecule has 3 rings (SSSR count). The third-order valence-electron chi connectivity index (χ3n) is 4.21. The highest BCUT2D eigenvalue weighted by Crippen LogP contribution is 2.36. The second kappa shape index (κ2) is 5.00. The first-order valence-electron chi connectivity index (χ1n) is 6.84. The molecule has 3 heteroatoms. The summed E-state index contributed by atoms with van der Waals surface area (Å²) in [5, 5.41) is 13.6. The molecule has 1 aliphatic carbocycles. The van der Waals surface area contributed by atoms with E-state index in [1.165, 1.54) is 18.4 Å². The van der Waals surface area contributed by atoms with Crippen LogP contribution in [0.25, 0.3) is 0 Å². The largest absolute Gasteiger partial charge is 0.386 e. The van der Waals surface area contributed by atoms with Gasteiger partial charge in [-0.25, -0.2) is 0 Å². The summed E-state index contributed by atoms with van der Waals surface area (Å²) >= 11 is 0. The van der Waals surface area contributed by atoms with Gasteiger partial charge in [-0.05, 0) is 24.3 Å². The molecule has 1 aromatic rings. The van der Waals surface area contributed by atoms with Gasteiger partial charge in [0.05, 0.1) is 6.61 Å². The summed E-state index contributed by atoms with van der Waals surface area (Å²) in [4.78, 5) is 0. The highest BCUT2D eigenvalue weighted by molar-refractivity contribution is 5.22. The van der Waals surface area contributed by atoms with Crippen LogP contribution in [-0.2, 0) is 4.74 Å². The molecule has 0 spiro atoms. The quantitative estimate of drug-likeness (QED) is 0.850. The molecule has 0 radical (unpaired) electrons. The van der Waals surface area contributed by atoms with Crippen molar-refractivity contribution >= 4 is 0 Å². The maximum Gasteiger partial charge on any atom is 0.102 e. The zero-order valence-electron chi connectivity index (χ0n) is 10.6. The molecule has 0 bridgehead atoms. The van der Waals surface area contributed by atoms with E-state index in [0.29, 0.717) is 31.7 Å². The minimum atomic E-state index is -0.627. The lowest BCUT2D eigenvalue weighted by Gasteiger charge is -2.38. The standard InChI is InChI=1S/C15H21NO2/c17-15(6-7-18-11-15)10-16-14-8-13(9-14)12-4-2-1-3-5-12/h1-5,13-14,16-17H,6-11H2. The number of aliphatic hydroxyl groups is 1. The van der Waals surface area contributed by atoms with Gasteiger partial charge in [0.1, 0.15) is 5.60 Å². The third kappa shape index (κ3) is 2.58. The van der Waals surface area contributed by atoms with E-state index < -0.39 is 5.60 Å². The Hall–Kier alpha value is -0.900. The molecule has 0 aromatic heterocycles. The van der Waals surface area contributed by atoms with Crippen LogP contribution in [0.15, 0.2) is 30.3 Å². The lowest BCUT2D eigenvalue weighted by molar-refractivity contribution is 0.0216. The molecule has 1 saturated carbocycles. The Morgan fingerprint density at radius 1 is 1.28 bits per heavy atom. The molecule has 1 unspecified atom stereocenters. The Labute approximate surface area is 108 Å². The second-order valence-electron chi connectivity index (χ2n) is 5.68. The molecule has 1 heterocycles. The van der Waals surface area contributed by atoms with Crippen LogP contribution in [0, 0.1) is 0 Å². The van der Waals surface area contributed by atoms with Gasteiger partial charge in [-0.2, -0.15) is 0 Å². The number of benzene rings is 1. The molecule has 18 heavy (non-hydrogen) atoms. The van der Waals surface area contributed by atoms with Crippen molar-refractivity contribution in [3.8, 4) is 0 Å². The van der Waals surface area contributed by atoms with Gasteiger partial charge >= 0.3 is 0 Å². The van der Waals surface area contributed by atoms with E-state index in [9.17, 15) is 5.11 Å². The fourth-order valence-electron chi connectivity index (χ4n) is 2.85. The molecule has 0 amide bonds. The van der Waals surface area contributed by atoms with Crippen LogP contribution >= 0.6 is 0 Å². The van der Waals surface area contributed by atoms with Crippen molar-refractivity contribution in [3.63, 3.8) is 0 Å². The van der Waals surface area contributed by atoms with Crippen molar-refractivity contribution in [1.29, 1.82) is 0 Å². The average Bonchev–Trinajstić information content (AvgIpc) is 2.76. The number of rotatable bonds is 4. The lowest BCUT2D eigenvalue weighted by Crippen LogP contribution is -2.48. The van der Waals surface area contributed by atoms with Gasteiger partial charge in [-0.3, -0.25) is 0 Å². The van der Waals surface area contributed by atoms with Crippen molar-refractivity contribution < 1.29 is 9.84 Å². The van der Waals surface area contributed by atoms with Crippen molar-refractivity contribution in [2.75, 3.05) is 19.8 Å². The van der Waals surface area contributed by atoms with E-state index in [-0.39, 0.29) is 0 Å². The summed E-state index contributed by atoms with van der Waals surface area (Å²) in [6.45, 7) is 1.84. The molecule has 2 fully saturated rings. The van der Waals surface area contributed by atoms with Crippen molar-refractivity contribution in [1.82, 2.24) is 5.32 Å². The smallest absolute Gasteiger partial charge is 0.102 e. The molecule has 98 valence electrons. The highest BCUT2D eigenvalue weighted by atomic mass is 16.5. The van der Waals surface area contributed by atoms with Crippen LogP contribution in [0.3, 0.4) is 0 Å². The van der Waals surface area contributed by atoms with Crippen LogP contribution in [0.4, 0.5) is 0 Å². The topological polar surface area (TPSA) is 41.5 Å². The van der Waals surface area contributed by atoms with Crippen LogP contribution in [0.5, 0.6) is 0 Å². The second-order valence-corrected chi connectivity index (χ2v) is 5.68. The van der Waals surface area contributed by atoms with Crippen LogP contribution in [0.1, 0.15) is 30.7 Å². The third-order valence-corrected chi connectivity index (χ3v) is 4.21. The van der Waals surface area contributed by atoms with Crippen LogP contribution < -0.4 is 5.32 Å². The average molecular weight is 247 g/mol. The first-order valence-corrected chi connectivity index (χ1v) is 6.84. The molecular formula is C15H21NO2. The Balaban J connectivity index is 1.43. The molecule has 3 nitrogen and oxygen atoms in total. The van der Waals surface area contributed by atoms with Gasteiger partial charge in [0.15, 0.2) is 0 Å². The van der Waals surface area contributed by atoms with Gasteiger partial charge in [0, 0.05) is 25.6 Å². The summed E-state index contributed by atoms with van der Waals surface area (Å²) in [5.41, 5.74) is 0.816. The summed E-state index contributed by atoms with van der Waals surface area (Å²) in [7, 11) is 0. The molecular weight excluding hydrogens is 226 g/mol. The van der Waals surface area contributed by atoms with Crippen molar-refractivity contribution in [2.24, 2.45) is 0 Å². The van der Waals surface area contributed by atoms with Crippen molar-refractivity contribution in [2.45, 2.75) is 36.8 Å². The molecule has 1 saturated heterocycles. The predicted octanol–water partition coefficient (Wildman–Crippen LogP) is 1.67. The number of hydrogen-bond donors (Lipinski definition) is 2. The van der Waals surface area contributed by atoms with E-state index in [4.69, 9.17) is 4.74 Å². The molecule has 2 aliphatic rings. The van der Waals surface area contributed by atoms with E-state index in [2.05, 4.69) is 35.6 Å². The van der Waals surface area contributed by atoms with E-state index in [1.54, 1.807) is 0 Å². The maximum atomic E-state index is 10.2. The van der Waals surface area contributed by atoms with Gasteiger partial charge in [-0.1, -0.05) is 30.3 Å². The van der Waals surface area contributed by atoms with Gasteiger partial charge in [-0.15, -0.1) is 0 Å². The zero-order chi connectivity index (χ0) is 12.4. The van der Waals surface area contributed by atoms with Crippen molar-refractivity contribution in [3.05, 3.63) is 35.9 Å². The number of nitrogens with one attached hydrogen (secondary N) is 1. The molecule has 2 N–H and O–H groups in total. The Morgan fingerprint density at radius 2 is 2.06 bits per heavy atom. The zero-order valence-corrected chi connectivity index (χ0v) is 10.6. The van der Waals surface area contributed by atoms with Crippen LogP contribution in [-0.4, -0.2) is 36.5 Å². The Bertz CT molecular complexity index is 381. The van der Waals surface area contributed by atoms with E-state index in [0.717, 1.165) is 6.42 Å². The van der Waals surface area contributed by atoms with Gasteiger partial charge in [0.2, 0.25) is 0 Å². The van der Waals surface area contributed by atoms with Gasteiger partial charge in [0.25, 0.3) is 0 Å². The minimum Gasteiger partial charge on any atom is -0.386 e. The Morgan fingerprint density at radius 3 is 2.72 bits per heavy atom. The first-order chi connectivity index (χ1) is 8.75. The molecule has 1 aliphatic heterocycles. The first kappa shape index (κ1) is 12.2. The highest BCUT2D eigenvalue weighted by Gasteiger charge is 2.35. The van der Waals surface area contributed by atoms with Crippen LogP contribution in [0.2, 0.25) is 0 Å². The summed E-state index contributed by atoms with van der Waals surface area (Å²) < 4.78 is 5.24. The molecule has 1 aromatic carbocycles. The fraction of sp³-hybridized carbons (Fsp3) is 0.600. The summed E-state index contributed by atoms with van der Waals surface area (Å²) in [5.74, 6) is 0.693.